The van der Waals surface area contributed by atoms with Crippen molar-refractivity contribution in [3.05, 3.63) is 41.8 Å². The second kappa shape index (κ2) is 6.58. The van der Waals surface area contributed by atoms with Crippen molar-refractivity contribution in [2.24, 2.45) is 0 Å². The van der Waals surface area contributed by atoms with Gasteiger partial charge in [0, 0.05) is 18.3 Å². The number of pyridine rings is 1. The van der Waals surface area contributed by atoms with Gasteiger partial charge in [-0.3, -0.25) is 4.79 Å². The highest BCUT2D eigenvalue weighted by atomic mass is 32.2. The first-order valence-corrected chi connectivity index (χ1v) is 7.75. The normalized spacial score (nSPS) is 11.2. The Kier molecular flexibility index (Phi) is 4.78. The second-order valence-electron chi connectivity index (χ2n) is 4.18. The largest absolute Gasteiger partial charge is 0.481 e. The van der Waals surface area contributed by atoms with Gasteiger partial charge in [0.2, 0.25) is 11.0 Å². The topological polar surface area (TPSA) is 111 Å². The van der Waals surface area contributed by atoms with Gasteiger partial charge in [0.25, 0.3) is 15.9 Å². The first kappa shape index (κ1) is 16.0. The molecule has 0 aliphatic rings. The number of hydrogen-bond donors (Lipinski definition) is 2. The van der Waals surface area contributed by atoms with E-state index in [1.807, 2.05) is 0 Å². The molecule has 2 aromatic heterocycles. The fraction of sp³-hybridized carbons (Fsp3) is 0.231. The van der Waals surface area contributed by atoms with Crippen LogP contribution in [0.2, 0.25) is 0 Å². The lowest BCUT2D eigenvalue weighted by Crippen LogP contribution is -2.23. The summed E-state index contributed by atoms with van der Waals surface area (Å²) in [5.41, 5.74) is 0.688. The number of furan rings is 1. The Balaban J connectivity index is 2.07. The molecule has 2 aromatic rings. The van der Waals surface area contributed by atoms with Gasteiger partial charge in [-0.2, -0.15) is 0 Å². The maximum absolute atomic E-state index is 12.0. The molecule has 118 valence electrons. The predicted octanol–water partition coefficient (Wildman–Crippen LogP) is 0.521. The number of hydrogen-bond acceptors (Lipinski definition) is 6. The summed E-state index contributed by atoms with van der Waals surface area (Å²) >= 11 is 0. The van der Waals surface area contributed by atoms with Crippen molar-refractivity contribution in [3.63, 3.8) is 0 Å². The van der Waals surface area contributed by atoms with E-state index >= 15 is 0 Å². The van der Waals surface area contributed by atoms with Crippen molar-refractivity contribution >= 4 is 15.9 Å². The molecule has 0 bridgehead atoms. The number of methoxy groups -OCH3 is 1. The minimum absolute atomic E-state index is 0.100. The molecule has 0 unspecified atom stereocenters. The molecule has 8 nitrogen and oxygen atoms in total. The van der Waals surface area contributed by atoms with Crippen LogP contribution in [-0.4, -0.2) is 33.5 Å². The summed E-state index contributed by atoms with van der Waals surface area (Å²) in [4.78, 5) is 16.0. The zero-order valence-electron chi connectivity index (χ0n) is 12.0. The Morgan fingerprint density at radius 1 is 1.36 bits per heavy atom. The van der Waals surface area contributed by atoms with Gasteiger partial charge in [0.1, 0.15) is 0 Å². The summed E-state index contributed by atoms with van der Waals surface area (Å²) < 4.78 is 35.3. The quantitative estimate of drug-likeness (QED) is 0.801. The number of aromatic nitrogens is 1. The Labute approximate surface area is 127 Å². The van der Waals surface area contributed by atoms with Crippen LogP contribution in [0.5, 0.6) is 5.88 Å². The number of ether oxygens (including phenoxy) is 1. The maximum atomic E-state index is 12.0. The Morgan fingerprint density at radius 2 is 2.14 bits per heavy atom. The number of carbonyl (C=O) groups is 1. The van der Waals surface area contributed by atoms with Gasteiger partial charge < -0.3 is 14.5 Å². The smallest absolute Gasteiger partial charge is 0.287 e. The zero-order valence-corrected chi connectivity index (χ0v) is 12.8. The summed E-state index contributed by atoms with van der Waals surface area (Å²) in [6.45, 7) is 0.171. The summed E-state index contributed by atoms with van der Waals surface area (Å²) in [7, 11) is -0.978. The van der Waals surface area contributed by atoms with E-state index in [2.05, 4.69) is 15.0 Å². The van der Waals surface area contributed by atoms with Crippen molar-refractivity contribution in [2.75, 3.05) is 14.2 Å². The number of nitrogens with one attached hydrogen (secondary N) is 2. The van der Waals surface area contributed by atoms with Gasteiger partial charge in [0.15, 0.2) is 5.76 Å². The van der Waals surface area contributed by atoms with Crippen LogP contribution < -0.4 is 14.8 Å². The second-order valence-corrected chi connectivity index (χ2v) is 6.00. The van der Waals surface area contributed by atoms with Crippen LogP contribution in [0, 0.1) is 0 Å². The fourth-order valence-corrected chi connectivity index (χ4v) is 2.34. The molecule has 2 rings (SSSR count). The number of nitrogens with zero attached hydrogens (tertiary/aromatic N) is 1. The van der Waals surface area contributed by atoms with Gasteiger partial charge in [0.05, 0.1) is 7.11 Å². The molecular weight excluding hydrogens is 310 g/mol. The van der Waals surface area contributed by atoms with E-state index < -0.39 is 15.9 Å². The number of rotatable bonds is 6. The Hall–Kier alpha value is -2.39. The summed E-state index contributed by atoms with van der Waals surface area (Å²) in [5.74, 6) is -0.235. The molecule has 0 aromatic carbocycles. The first-order valence-electron chi connectivity index (χ1n) is 6.27. The van der Waals surface area contributed by atoms with Crippen molar-refractivity contribution in [3.8, 4) is 5.88 Å². The van der Waals surface area contributed by atoms with Crippen molar-refractivity contribution in [1.29, 1.82) is 0 Å². The van der Waals surface area contributed by atoms with Crippen LogP contribution in [0.25, 0.3) is 0 Å². The molecule has 22 heavy (non-hydrogen) atoms. The molecule has 0 saturated heterocycles. The summed E-state index contributed by atoms with van der Waals surface area (Å²) in [5, 5.41) is 2.28. The highest BCUT2D eigenvalue weighted by Crippen LogP contribution is 2.15. The van der Waals surface area contributed by atoms with E-state index in [-0.39, 0.29) is 17.4 Å². The standard InChI is InChI=1S/C13H15N3O5S/c1-14-22(18,19)11-6-5-10(21-11)12(17)16-8-9-4-3-7-15-13(9)20-2/h3-7,14H,8H2,1-2H3,(H,16,17). The number of sulfonamides is 1. The maximum Gasteiger partial charge on any atom is 0.287 e. The minimum atomic E-state index is -3.72. The van der Waals surface area contributed by atoms with Crippen LogP contribution in [0.1, 0.15) is 16.1 Å². The van der Waals surface area contributed by atoms with Crippen LogP contribution in [0.3, 0.4) is 0 Å². The highest BCUT2D eigenvalue weighted by molar-refractivity contribution is 7.89. The van der Waals surface area contributed by atoms with Crippen LogP contribution in [0.4, 0.5) is 0 Å². The molecule has 0 aliphatic carbocycles. The molecule has 2 N–H and O–H groups in total. The van der Waals surface area contributed by atoms with E-state index in [9.17, 15) is 13.2 Å². The lowest BCUT2D eigenvalue weighted by Gasteiger charge is -2.07. The van der Waals surface area contributed by atoms with Gasteiger partial charge in [-0.25, -0.2) is 18.1 Å². The van der Waals surface area contributed by atoms with Crippen LogP contribution in [0.15, 0.2) is 40.0 Å². The molecule has 0 saturated carbocycles. The lowest BCUT2D eigenvalue weighted by atomic mass is 10.2. The van der Waals surface area contributed by atoms with Crippen LogP contribution in [-0.2, 0) is 16.6 Å². The molecule has 2 heterocycles. The lowest BCUT2D eigenvalue weighted by molar-refractivity contribution is 0.0917. The first-order chi connectivity index (χ1) is 10.5. The van der Waals surface area contributed by atoms with E-state index in [4.69, 9.17) is 9.15 Å². The van der Waals surface area contributed by atoms with Gasteiger partial charge in [-0.05, 0) is 25.2 Å². The molecular formula is C13H15N3O5S. The van der Waals surface area contributed by atoms with E-state index in [1.54, 1.807) is 18.3 Å². The average Bonchev–Trinajstić information content (AvgIpc) is 3.03. The van der Waals surface area contributed by atoms with Crippen molar-refractivity contribution in [1.82, 2.24) is 15.0 Å². The summed E-state index contributed by atoms with van der Waals surface area (Å²) in [6, 6.07) is 5.98. The van der Waals surface area contributed by atoms with Gasteiger partial charge in [-0.15, -0.1) is 0 Å². The zero-order chi connectivity index (χ0) is 16.2. The Morgan fingerprint density at radius 3 is 2.82 bits per heavy atom. The molecule has 0 spiro atoms. The van der Waals surface area contributed by atoms with Crippen LogP contribution >= 0.6 is 0 Å². The monoisotopic (exact) mass is 325 g/mol. The third kappa shape index (κ3) is 3.43. The molecule has 0 fully saturated rings. The highest BCUT2D eigenvalue weighted by Gasteiger charge is 2.19. The molecule has 9 heteroatoms. The minimum Gasteiger partial charge on any atom is -0.481 e. The molecule has 0 atom stereocenters. The molecule has 0 aliphatic heterocycles. The van der Waals surface area contributed by atoms with E-state index in [0.717, 1.165) is 0 Å². The number of amides is 1. The van der Waals surface area contributed by atoms with Crippen molar-refractivity contribution < 1.29 is 22.4 Å². The Bertz CT molecular complexity index is 769. The molecule has 0 radical (unpaired) electrons. The molecule has 1 amide bonds. The van der Waals surface area contributed by atoms with E-state index in [1.165, 1.54) is 26.3 Å². The fourth-order valence-electron chi connectivity index (χ4n) is 1.69. The number of carbonyl (C=O) groups excluding carboxylic acids is 1. The van der Waals surface area contributed by atoms with Crippen molar-refractivity contribution in [2.45, 2.75) is 11.6 Å². The SMILES string of the molecule is CNS(=O)(=O)c1ccc(C(=O)NCc2cccnc2OC)o1. The average molecular weight is 325 g/mol. The predicted molar refractivity (Wildman–Crippen MR) is 76.9 cm³/mol. The third-order valence-corrected chi connectivity index (χ3v) is 4.11. The summed E-state index contributed by atoms with van der Waals surface area (Å²) in [6.07, 6.45) is 1.57. The van der Waals surface area contributed by atoms with Gasteiger partial charge in [-0.1, -0.05) is 6.07 Å². The van der Waals surface area contributed by atoms with E-state index in [0.29, 0.717) is 11.4 Å². The van der Waals surface area contributed by atoms with Gasteiger partial charge >= 0.3 is 0 Å². The third-order valence-electron chi connectivity index (χ3n) is 2.82.